The summed E-state index contributed by atoms with van der Waals surface area (Å²) in [7, 11) is 0. The van der Waals surface area contributed by atoms with Crippen LogP contribution < -0.4 is 4.74 Å². The number of hydrogen-bond acceptors (Lipinski definition) is 3. The number of rotatable bonds is 2. The molecular weight excluding hydrogens is 248 g/mol. The van der Waals surface area contributed by atoms with E-state index in [9.17, 15) is 4.79 Å². The number of hydrogen-bond donors (Lipinski definition) is 0. The summed E-state index contributed by atoms with van der Waals surface area (Å²) in [6, 6.07) is 7.24. The SMILES string of the molecule is O=C1OCC=C1Oc1ccc(Br)cc1. The first-order chi connectivity index (χ1) is 6.75. The average Bonchev–Trinajstić information content (AvgIpc) is 2.56. The third-order valence-corrected chi connectivity index (χ3v) is 2.25. The summed E-state index contributed by atoms with van der Waals surface area (Å²) in [6.45, 7) is 0.296. The van der Waals surface area contributed by atoms with Crippen molar-refractivity contribution in [1.82, 2.24) is 0 Å². The molecule has 0 aromatic heterocycles. The van der Waals surface area contributed by atoms with Gasteiger partial charge in [-0.05, 0) is 24.3 Å². The van der Waals surface area contributed by atoms with Crippen molar-refractivity contribution in [3.8, 4) is 5.75 Å². The van der Waals surface area contributed by atoms with Crippen molar-refractivity contribution < 1.29 is 14.3 Å². The molecule has 0 saturated carbocycles. The fourth-order valence-corrected chi connectivity index (χ4v) is 1.32. The Labute approximate surface area is 89.5 Å². The molecule has 3 nitrogen and oxygen atoms in total. The molecule has 0 radical (unpaired) electrons. The van der Waals surface area contributed by atoms with Crippen molar-refractivity contribution in [3.05, 3.63) is 40.6 Å². The van der Waals surface area contributed by atoms with E-state index in [1.54, 1.807) is 18.2 Å². The van der Waals surface area contributed by atoms with Crippen molar-refractivity contribution in [2.45, 2.75) is 0 Å². The summed E-state index contributed by atoms with van der Waals surface area (Å²) in [5, 5.41) is 0. The number of cyclic esters (lactones) is 1. The standard InChI is InChI=1S/C10H7BrO3/c11-7-1-3-8(4-2-7)14-9-5-6-13-10(9)12/h1-5H,6H2. The second-order valence-corrected chi connectivity index (χ2v) is 3.64. The fraction of sp³-hybridized carbons (Fsp3) is 0.100. The normalized spacial score (nSPS) is 14.9. The molecule has 1 aromatic rings. The number of carbonyl (C=O) groups is 1. The average molecular weight is 255 g/mol. The predicted octanol–water partition coefficient (Wildman–Crippen LogP) is 2.27. The topological polar surface area (TPSA) is 35.5 Å². The molecule has 0 aliphatic carbocycles. The van der Waals surface area contributed by atoms with Gasteiger partial charge in [0.1, 0.15) is 12.4 Å². The second kappa shape index (κ2) is 3.84. The van der Waals surface area contributed by atoms with E-state index < -0.39 is 5.97 Å². The molecule has 4 heteroatoms. The summed E-state index contributed by atoms with van der Waals surface area (Å²) in [4.78, 5) is 11.0. The van der Waals surface area contributed by atoms with E-state index in [4.69, 9.17) is 9.47 Å². The molecule has 0 bridgehead atoms. The molecule has 1 heterocycles. The van der Waals surface area contributed by atoms with Gasteiger partial charge in [0.2, 0.25) is 5.76 Å². The van der Waals surface area contributed by atoms with E-state index in [2.05, 4.69) is 15.9 Å². The van der Waals surface area contributed by atoms with Crippen molar-refractivity contribution >= 4 is 21.9 Å². The summed E-state index contributed by atoms with van der Waals surface area (Å²) in [5.74, 6) is 0.471. The van der Waals surface area contributed by atoms with Crippen LogP contribution in [-0.4, -0.2) is 12.6 Å². The van der Waals surface area contributed by atoms with Crippen molar-refractivity contribution in [1.29, 1.82) is 0 Å². The van der Waals surface area contributed by atoms with Gasteiger partial charge in [0.25, 0.3) is 0 Å². The number of carbonyl (C=O) groups excluding carboxylic acids is 1. The van der Waals surface area contributed by atoms with Gasteiger partial charge in [-0.3, -0.25) is 0 Å². The minimum atomic E-state index is -0.409. The largest absolute Gasteiger partial charge is 0.455 e. The third-order valence-electron chi connectivity index (χ3n) is 1.73. The third kappa shape index (κ3) is 1.96. The highest BCUT2D eigenvalue weighted by atomic mass is 79.9. The zero-order valence-electron chi connectivity index (χ0n) is 7.20. The maximum absolute atomic E-state index is 11.0. The van der Waals surface area contributed by atoms with Crippen LogP contribution in [-0.2, 0) is 9.53 Å². The van der Waals surface area contributed by atoms with Crippen LogP contribution in [0.4, 0.5) is 0 Å². The molecule has 1 aliphatic rings. The first-order valence-corrected chi connectivity index (χ1v) is 4.86. The van der Waals surface area contributed by atoms with Gasteiger partial charge in [-0.1, -0.05) is 15.9 Å². The minimum Gasteiger partial charge on any atom is -0.455 e. The van der Waals surface area contributed by atoms with Gasteiger partial charge in [0, 0.05) is 10.5 Å². The smallest absolute Gasteiger partial charge is 0.374 e. The number of halogens is 1. The van der Waals surface area contributed by atoms with Crippen molar-refractivity contribution in [2.24, 2.45) is 0 Å². The Morgan fingerprint density at radius 3 is 2.57 bits per heavy atom. The summed E-state index contributed by atoms with van der Waals surface area (Å²) in [5.41, 5.74) is 0. The Morgan fingerprint density at radius 1 is 1.29 bits per heavy atom. The number of ether oxygens (including phenoxy) is 2. The molecule has 0 N–H and O–H groups in total. The minimum absolute atomic E-state index is 0.257. The molecule has 1 aromatic carbocycles. The Balaban J connectivity index is 2.11. The fourth-order valence-electron chi connectivity index (χ4n) is 1.06. The molecule has 0 atom stereocenters. The zero-order valence-corrected chi connectivity index (χ0v) is 8.78. The molecule has 14 heavy (non-hydrogen) atoms. The molecule has 2 rings (SSSR count). The number of benzene rings is 1. The molecule has 1 aliphatic heterocycles. The van der Waals surface area contributed by atoms with E-state index in [0.29, 0.717) is 12.4 Å². The molecule has 0 spiro atoms. The van der Waals surface area contributed by atoms with Crippen LogP contribution in [0, 0.1) is 0 Å². The summed E-state index contributed by atoms with van der Waals surface area (Å²) < 4.78 is 11.0. The van der Waals surface area contributed by atoms with Gasteiger partial charge in [0.15, 0.2) is 0 Å². The highest BCUT2D eigenvalue weighted by molar-refractivity contribution is 9.10. The van der Waals surface area contributed by atoms with Crippen LogP contribution in [0.1, 0.15) is 0 Å². The van der Waals surface area contributed by atoms with E-state index in [-0.39, 0.29) is 5.76 Å². The van der Waals surface area contributed by atoms with Gasteiger partial charge in [-0.2, -0.15) is 0 Å². The Bertz CT molecular complexity index is 381. The maximum atomic E-state index is 11.0. The Hall–Kier alpha value is -1.29. The molecule has 0 fully saturated rings. The summed E-state index contributed by atoms with van der Waals surface area (Å²) in [6.07, 6.45) is 1.62. The van der Waals surface area contributed by atoms with Crippen LogP contribution in [0.5, 0.6) is 5.75 Å². The number of esters is 1. The van der Waals surface area contributed by atoms with E-state index in [0.717, 1.165) is 4.47 Å². The monoisotopic (exact) mass is 254 g/mol. The lowest BCUT2D eigenvalue weighted by atomic mass is 10.3. The molecular formula is C10H7BrO3. The van der Waals surface area contributed by atoms with Crippen LogP contribution in [0.15, 0.2) is 40.6 Å². The van der Waals surface area contributed by atoms with Gasteiger partial charge in [-0.25, -0.2) is 4.79 Å². The van der Waals surface area contributed by atoms with E-state index >= 15 is 0 Å². The van der Waals surface area contributed by atoms with Crippen molar-refractivity contribution in [2.75, 3.05) is 6.61 Å². The quantitative estimate of drug-likeness (QED) is 0.760. The lowest BCUT2D eigenvalue weighted by Crippen LogP contribution is -2.05. The van der Waals surface area contributed by atoms with E-state index in [1.807, 2.05) is 12.1 Å². The van der Waals surface area contributed by atoms with Crippen LogP contribution in [0.3, 0.4) is 0 Å². The summed E-state index contributed by atoms with van der Waals surface area (Å²) >= 11 is 3.31. The van der Waals surface area contributed by atoms with Gasteiger partial charge in [-0.15, -0.1) is 0 Å². The first kappa shape index (κ1) is 9.27. The zero-order chi connectivity index (χ0) is 9.97. The highest BCUT2D eigenvalue weighted by Gasteiger charge is 2.18. The Kier molecular flexibility index (Phi) is 2.54. The second-order valence-electron chi connectivity index (χ2n) is 2.72. The van der Waals surface area contributed by atoms with Crippen LogP contribution in [0.25, 0.3) is 0 Å². The van der Waals surface area contributed by atoms with E-state index in [1.165, 1.54) is 0 Å². The van der Waals surface area contributed by atoms with Gasteiger partial charge < -0.3 is 9.47 Å². The molecule has 72 valence electrons. The predicted molar refractivity (Wildman–Crippen MR) is 53.8 cm³/mol. The molecule has 0 amide bonds. The van der Waals surface area contributed by atoms with Crippen LogP contribution >= 0.6 is 15.9 Å². The van der Waals surface area contributed by atoms with Crippen LogP contribution in [0.2, 0.25) is 0 Å². The van der Waals surface area contributed by atoms with Gasteiger partial charge in [0.05, 0.1) is 0 Å². The van der Waals surface area contributed by atoms with Gasteiger partial charge >= 0.3 is 5.97 Å². The lowest BCUT2D eigenvalue weighted by Gasteiger charge is -2.03. The Morgan fingerprint density at radius 2 is 2.00 bits per heavy atom. The maximum Gasteiger partial charge on any atom is 0.374 e. The first-order valence-electron chi connectivity index (χ1n) is 4.06. The lowest BCUT2D eigenvalue weighted by molar-refractivity contribution is -0.138. The van der Waals surface area contributed by atoms with Crippen molar-refractivity contribution in [3.63, 3.8) is 0 Å². The molecule has 0 saturated heterocycles. The highest BCUT2D eigenvalue weighted by Crippen LogP contribution is 2.19. The molecule has 0 unspecified atom stereocenters.